The smallest absolute Gasteiger partial charge is 0.0118 e. The summed E-state index contributed by atoms with van der Waals surface area (Å²) in [6.45, 7) is 4.71. The van der Waals surface area contributed by atoms with Crippen molar-refractivity contribution in [3.63, 3.8) is 0 Å². The molecule has 1 aliphatic carbocycles. The molecule has 0 aromatic carbocycles. The highest BCUT2D eigenvalue weighted by molar-refractivity contribution is 4.97. The Morgan fingerprint density at radius 3 is 2.29 bits per heavy atom. The first-order valence-corrected chi connectivity index (χ1v) is 6.40. The second-order valence-electron chi connectivity index (χ2n) is 5.20. The van der Waals surface area contributed by atoms with E-state index >= 15 is 0 Å². The molecule has 14 heavy (non-hydrogen) atoms. The highest BCUT2D eigenvalue weighted by Crippen LogP contribution is 2.49. The van der Waals surface area contributed by atoms with Gasteiger partial charge in [0.25, 0.3) is 0 Å². The minimum atomic E-state index is 0.652. The quantitative estimate of drug-likeness (QED) is 0.585. The summed E-state index contributed by atoms with van der Waals surface area (Å²) in [6.07, 6.45) is 11.3. The van der Waals surface area contributed by atoms with Crippen LogP contribution in [0.3, 0.4) is 0 Å². The zero-order valence-electron chi connectivity index (χ0n) is 10.2. The third-order valence-electron chi connectivity index (χ3n) is 3.82. The Morgan fingerprint density at radius 1 is 1.14 bits per heavy atom. The van der Waals surface area contributed by atoms with Crippen molar-refractivity contribution in [1.29, 1.82) is 0 Å². The van der Waals surface area contributed by atoms with Gasteiger partial charge in [0, 0.05) is 6.04 Å². The predicted octanol–water partition coefficient (Wildman–Crippen LogP) is 3.74. The van der Waals surface area contributed by atoms with Gasteiger partial charge in [-0.2, -0.15) is 0 Å². The van der Waals surface area contributed by atoms with Crippen molar-refractivity contribution in [2.45, 2.75) is 71.3 Å². The van der Waals surface area contributed by atoms with Gasteiger partial charge in [-0.1, -0.05) is 46.0 Å². The van der Waals surface area contributed by atoms with Gasteiger partial charge >= 0.3 is 0 Å². The van der Waals surface area contributed by atoms with Gasteiger partial charge in [0.05, 0.1) is 0 Å². The summed E-state index contributed by atoms with van der Waals surface area (Å²) in [5.41, 5.74) is 0.652. The van der Waals surface area contributed by atoms with Gasteiger partial charge in [-0.05, 0) is 31.7 Å². The minimum Gasteiger partial charge on any atom is -0.316 e. The van der Waals surface area contributed by atoms with Gasteiger partial charge in [-0.15, -0.1) is 0 Å². The lowest BCUT2D eigenvalue weighted by molar-refractivity contribution is 0.345. The molecular formula is C13H27N. The normalized spacial score (nSPS) is 20.8. The molecule has 1 saturated carbocycles. The van der Waals surface area contributed by atoms with Crippen molar-refractivity contribution >= 4 is 0 Å². The Hall–Kier alpha value is -0.0400. The summed E-state index contributed by atoms with van der Waals surface area (Å²) in [7, 11) is 2.13. The van der Waals surface area contributed by atoms with E-state index in [0.29, 0.717) is 5.41 Å². The van der Waals surface area contributed by atoms with E-state index in [-0.39, 0.29) is 0 Å². The molecule has 84 valence electrons. The average molecular weight is 197 g/mol. The number of rotatable bonds is 8. The standard InChI is InChI=1S/C13H27N/c1-4-5-6-7-8-9-12(14-3)13(2)10-11-13/h12,14H,4-11H2,1-3H3. The lowest BCUT2D eigenvalue weighted by Gasteiger charge is -2.22. The molecule has 1 nitrogen and oxygen atoms in total. The molecule has 0 saturated heterocycles. The first-order chi connectivity index (χ1) is 6.73. The van der Waals surface area contributed by atoms with Crippen LogP contribution in [-0.4, -0.2) is 13.1 Å². The van der Waals surface area contributed by atoms with Crippen molar-refractivity contribution in [1.82, 2.24) is 5.32 Å². The van der Waals surface area contributed by atoms with Crippen LogP contribution < -0.4 is 5.32 Å². The molecule has 0 aromatic rings. The van der Waals surface area contributed by atoms with E-state index in [1.165, 1.54) is 51.4 Å². The molecular weight excluding hydrogens is 170 g/mol. The largest absolute Gasteiger partial charge is 0.316 e. The monoisotopic (exact) mass is 197 g/mol. The van der Waals surface area contributed by atoms with Crippen molar-refractivity contribution in [3.05, 3.63) is 0 Å². The molecule has 1 fully saturated rings. The topological polar surface area (TPSA) is 12.0 Å². The van der Waals surface area contributed by atoms with Crippen LogP contribution in [0.4, 0.5) is 0 Å². The summed E-state index contributed by atoms with van der Waals surface area (Å²) < 4.78 is 0. The summed E-state index contributed by atoms with van der Waals surface area (Å²) >= 11 is 0. The van der Waals surface area contributed by atoms with Crippen LogP contribution in [-0.2, 0) is 0 Å². The highest BCUT2D eigenvalue weighted by atomic mass is 14.9. The van der Waals surface area contributed by atoms with Gasteiger partial charge in [-0.3, -0.25) is 0 Å². The fraction of sp³-hybridized carbons (Fsp3) is 1.00. The molecule has 0 spiro atoms. The predicted molar refractivity (Wildman–Crippen MR) is 63.6 cm³/mol. The van der Waals surface area contributed by atoms with Crippen LogP contribution in [0.2, 0.25) is 0 Å². The fourth-order valence-corrected chi connectivity index (χ4v) is 2.34. The number of hydrogen-bond acceptors (Lipinski definition) is 1. The maximum Gasteiger partial charge on any atom is 0.0118 e. The molecule has 0 radical (unpaired) electrons. The molecule has 1 atom stereocenters. The molecule has 1 unspecified atom stereocenters. The van der Waals surface area contributed by atoms with Gasteiger partial charge in [0.1, 0.15) is 0 Å². The van der Waals surface area contributed by atoms with Gasteiger partial charge < -0.3 is 5.32 Å². The summed E-state index contributed by atoms with van der Waals surface area (Å²) in [5, 5.41) is 3.50. The number of hydrogen-bond donors (Lipinski definition) is 1. The molecule has 1 rings (SSSR count). The van der Waals surface area contributed by atoms with Gasteiger partial charge in [-0.25, -0.2) is 0 Å². The van der Waals surface area contributed by atoms with Crippen LogP contribution in [0.1, 0.15) is 65.2 Å². The Labute approximate surface area is 89.7 Å². The first-order valence-electron chi connectivity index (χ1n) is 6.40. The van der Waals surface area contributed by atoms with Crippen LogP contribution in [0, 0.1) is 5.41 Å². The molecule has 1 aliphatic rings. The highest BCUT2D eigenvalue weighted by Gasteiger charge is 2.43. The number of nitrogens with one attached hydrogen (secondary N) is 1. The van der Waals surface area contributed by atoms with E-state index < -0.39 is 0 Å². The minimum absolute atomic E-state index is 0.652. The van der Waals surface area contributed by atoms with Crippen LogP contribution in [0.25, 0.3) is 0 Å². The Bertz CT molecular complexity index is 149. The van der Waals surface area contributed by atoms with E-state index in [1.807, 2.05) is 0 Å². The molecule has 0 bridgehead atoms. The summed E-state index contributed by atoms with van der Waals surface area (Å²) in [5.74, 6) is 0. The maximum atomic E-state index is 3.50. The second-order valence-corrected chi connectivity index (χ2v) is 5.20. The van der Waals surface area contributed by atoms with Gasteiger partial charge in [0.15, 0.2) is 0 Å². The average Bonchev–Trinajstić information content (AvgIpc) is 2.91. The molecule has 0 heterocycles. The van der Waals surface area contributed by atoms with Crippen molar-refractivity contribution < 1.29 is 0 Å². The SMILES string of the molecule is CCCCCCCC(NC)C1(C)CC1. The first kappa shape index (κ1) is 12.0. The molecule has 0 aliphatic heterocycles. The Kier molecular flexibility index (Phi) is 4.94. The zero-order valence-corrected chi connectivity index (χ0v) is 10.2. The Morgan fingerprint density at radius 2 is 1.79 bits per heavy atom. The van der Waals surface area contributed by atoms with Crippen molar-refractivity contribution in [3.8, 4) is 0 Å². The molecule has 0 aromatic heterocycles. The lowest BCUT2D eigenvalue weighted by Crippen LogP contribution is -2.33. The van der Waals surface area contributed by atoms with Crippen LogP contribution >= 0.6 is 0 Å². The number of unbranched alkanes of at least 4 members (excludes halogenated alkanes) is 4. The van der Waals surface area contributed by atoms with E-state index in [9.17, 15) is 0 Å². The lowest BCUT2D eigenvalue weighted by atomic mass is 9.93. The fourth-order valence-electron chi connectivity index (χ4n) is 2.34. The third-order valence-corrected chi connectivity index (χ3v) is 3.82. The molecule has 1 N–H and O–H groups in total. The van der Waals surface area contributed by atoms with E-state index in [1.54, 1.807) is 0 Å². The van der Waals surface area contributed by atoms with E-state index in [2.05, 4.69) is 26.2 Å². The summed E-state index contributed by atoms with van der Waals surface area (Å²) in [4.78, 5) is 0. The molecule has 0 amide bonds. The van der Waals surface area contributed by atoms with E-state index in [4.69, 9.17) is 0 Å². The summed E-state index contributed by atoms with van der Waals surface area (Å²) in [6, 6.07) is 0.782. The van der Waals surface area contributed by atoms with Crippen molar-refractivity contribution in [2.24, 2.45) is 5.41 Å². The Balaban J connectivity index is 2.03. The van der Waals surface area contributed by atoms with Gasteiger partial charge in [0.2, 0.25) is 0 Å². The van der Waals surface area contributed by atoms with Crippen LogP contribution in [0.5, 0.6) is 0 Å². The zero-order chi connectivity index (χ0) is 10.4. The van der Waals surface area contributed by atoms with Crippen LogP contribution in [0.15, 0.2) is 0 Å². The third kappa shape index (κ3) is 3.61. The molecule has 1 heteroatoms. The van der Waals surface area contributed by atoms with E-state index in [0.717, 1.165) is 6.04 Å². The second kappa shape index (κ2) is 5.75. The van der Waals surface area contributed by atoms with Crippen molar-refractivity contribution in [2.75, 3.05) is 7.05 Å². The maximum absolute atomic E-state index is 3.50.